The summed E-state index contributed by atoms with van der Waals surface area (Å²) in [6.45, 7) is 0. The Labute approximate surface area is 98.3 Å². The van der Waals surface area contributed by atoms with E-state index in [1.807, 2.05) is 13.2 Å². The zero-order valence-corrected chi connectivity index (χ0v) is 9.58. The van der Waals surface area contributed by atoms with E-state index in [0.717, 1.165) is 18.4 Å². The molecule has 3 rings (SSSR count). The number of aliphatic hydroxyl groups is 1. The van der Waals surface area contributed by atoms with E-state index in [1.165, 1.54) is 0 Å². The lowest BCUT2D eigenvalue weighted by Gasteiger charge is -2.03. The molecule has 0 spiro atoms. The zero-order chi connectivity index (χ0) is 11.8. The Morgan fingerprint density at radius 1 is 1.59 bits per heavy atom. The van der Waals surface area contributed by atoms with Crippen LogP contribution in [0.3, 0.4) is 0 Å². The lowest BCUT2D eigenvalue weighted by Crippen LogP contribution is -2.12. The van der Waals surface area contributed by atoms with Gasteiger partial charge in [0.05, 0.1) is 24.3 Å². The molecule has 0 aromatic carbocycles. The molecule has 0 radical (unpaired) electrons. The molecule has 1 aliphatic carbocycles. The topological polar surface area (TPSA) is 77.0 Å². The number of aliphatic hydroxyl groups excluding tert-OH is 1. The zero-order valence-electron chi connectivity index (χ0n) is 9.58. The van der Waals surface area contributed by atoms with E-state index < -0.39 is 0 Å². The third-order valence-electron chi connectivity index (χ3n) is 2.98. The fourth-order valence-corrected chi connectivity index (χ4v) is 1.82. The number of aryl methyl sites for hydroxylation is 1. The second kappa shape index (κ2) is 3.96. The van der Waals surface area contributed by atoms with E-state index >= 15 is 0 Å². The summed E-state index contributed by atoms with van der Waals surface area (Å²) in [6, 6.07) is 0. The van der Waals surface area contributed by atoms with Gasteiger partial charge < -0.3 is 9.63 Å². The highest BCUT2D eigenvalue weighted by atomic mass is 16.5. The van der Waals surface area contributed by atoms with Crippen LogP contribution in [0.15, 0.2) is 16.9 Å². The lowest BCUT2D eigenvalue weighted by atomic mass is 10.2. The molecule has 6 nitrogen and oxygen atoms in total. The Kier molecular flexibility index (Phi) is 2.44. The summed E-state index contributed by atoms with van der Waals surface area (Å²) in [5.41, 5.74) is 0.823. The van der Waals surface area contributed by atoms with E-state index in [9.17, 15) is 5.11 Å². The third-order valence-corrected chi connectivity index (χ3v) is 2.98. The number of hydrogen-bond donors (Lipinski definition) is 1. The molecule has 1 N–H and O–H groups in total. The van der Waals surface area contributed by atoms with E-state index in [1.54, 1.807) is 10.9 Å². The average molecular weight is 234 g/mol. The van der Waals surface area contributed by atoms with Crippen LogP contribution in [-0.2, 0) is 13.5 Å². The number of nitrogens with zero attached hydrogens (tertiary/aromatic N) is 4. The molecule has 17 heavy (non-hydrogen) atoms. The fourth-order valence-electron chi connectivity index (χ4n) is 1.82. The molecule has 0 bridgehead atoms. The second-order valence-electron chi connectivity index (χ2n) is 4.52. The van der Waals surface area contributed by atoms with Gasteiger partial charge in [-0.2, -0.15) is 10.1 Å². The van der Waals surface area contributed by atoms with Crippen molar-refractivity contribution in [3.8, 4) is 11.4 Å². The van der Waals surface area contributed by atoms with Crippen molar-refractivity contribution in [3.05, 3.63) is 18.3 Å². The molecule has 0 amide bonds. The number of rotatable bonds is 4. The Morgan fingerprint density at radius 3 is 3.06 bits per heavy atom. The molecule has 2 heterocycles. The third kappa shape index (κ3) is 2.21. The van der Waals surface area contributed by atoms with Gasteiger partial charge in [0.2, 0.25) is 11.7 Å². The van der Waals surface area contributed by atoms with Gasteiger partial charge in [-0.05, 0) is 18.8 Å². The molecule has 0 saturated heterocycles. The molecular formula is C11H14N4O2. The normalized spacial score (nSPS) is 17.3. The number of hydrogen-bond acceptors (Lipinski definition) is 5. The van der Waals surface area contributed by atoms with Crippen molar-refractivity contribution in [2.24, 2.45) is 13.0 Å². The molecule has 1 atom stereocenters. The van der Waals surface area contributed by atoms with E-state index in [0.29, 0.717) is 24.1 Å². The highest BCUT2D eigenvalue weighted by Crippen LogP contribution is 2.33. The fraction of sp³-hybridized carbons (Fsp3) is 0.545. The van der Waals surface area contributed by atoms with Crippen LogP contribution < -0.4 is 0 Å². The Morgan fingerprint density at radius 2 is 2.41 bits per heavy atom. The molecule has 1 unspecified atom stereocenters. The predicted molar refractivity (Wildman–Crippen MR) is 58.9 cm³/mol. The van der Waals surface area contributed by atoms with Crippen LogP contribution in [0, 0.1) is 5.92 Å². The van der Waals surface area contributed by atoms with Gasteiger partial charge >= 0.3 is 0 Å². The maximum atomic E-state index is 9.78. The molecule has 1 saturated carbocycles. The summed E-state index contributed by atoms with van der Waals surface area (Å²) in [6.07, 6.45) is 5.81. The van der Waals surface area contributed by atoms with Crippen LogP contribution in [0.4, 0.5) is 0 Å². The monoisotopic (exact) mass is 234 g/mol. The van der Waals surface area contributed by atoms with Gasteiger partial charge in [-0.25, -0.2) is 0 Å². The van der Waals surface area contributed by atoms with Gasteiger partial charge in [0, 0.05) is 13.2 Å². The minimum absolute atomic E-state index is 0.350. The lowest BCUT2D eigenvalue weighted by molar-refractivity contribution is 0.140. The van der Waals surface area contributed by atoms with Crippen molar-refractivity contribution < 1.29 is 9.63 Å². The van der Waals surface area contributed by atoms with Crippen LogP contribution in [-0.4, -0.2) is 31.1 Å². The van der Waals surface area contributed by atoms with Crippen molar-refractivity contribution in [1.29, 1.82) is 0 Å². The first-order valence-corrected chi connectivity index (χ1v) is 5.72. The summed E-state index contributed by atoms with van der Waals surface area (Å²) in [4.78, 5) is 4.25. The van der Waals surface area contributed by atoms with E-state index in [2.05, 4.69) is 15.2 Å². The van der Waals surface area contributed by atoms with Gasteiger partial charge in [-0.3, -0.25) is 4.68 Å². The molecule has 0 aliphatic heterocycles. The Balaban J connectivity index is 1.73. The first kappa shape index (κ1) is 10.5. The Bertz CT molecular complexity index is 515. The van der Waals surface area contributed by atoms with E-state index in [-0.39, 0.29) is 6.10 Å². The smallest absolute Gasteiger partial charge is 0.229 e. The van der Waals surface area contributed by atoms with Gasteiger partial charge in [0.25, 0.3) is 0 Å². The van der Waals surface area contributed by atoms with Crippen molar-refractivity contribution >= 4 is 0 Å². The predicted octanol–water partition coefficient (Wildman–Crippen LogP) is 0.783. The van der Waals surface area contributed by atoms with Gasteiger partial charge in [-0.15, -0.1) is 0 Å². The van der Waals surface area contributed by atoms with Crippen LogP contribution in [0.2, 0.25) is 0 Å². The minimum Gasteiger partial charge on any atom is -0.392 e. The summed E-state index contributed by atoms with van der Waals surface area (Å²) in [5, 5.41) is 17.7. The van der Waals surface area contributed by atoms with Crippen molar-refractivity contribution in [2.75, 3.05) is 0 Å². The van der Waals surface area contributed by atoms with Crippen molar-refractivity contribution in [3.63, 3.8) is 0 Å². The second-order valence-corrected chi connectivity index (χ2v) is 4.52. The van der Waals surface area contributed by atoms with Crippen LogP contribution >= 0.6 is 0 Å². The first-order valence-electron chi connectivity index (χ1n) is 5.72. The van der Waals surface area contributed by atoms with E-state index in [4.69, 9.17) is 4.52 Å². The first-order chi connectivity index (χ1) is 8.22. The maximum Gasteiger partial charge on any atom is 0.229 e. The summed E-state index contributed by atoms with van der Waals surface area (Å²) in [5.74, 6) is 1.43. The molecule has 90 valence electrons. The SMILES string of the molecule is Cn1cc(-c2noc(CC(O)C3CC3)n2)cn1. The summed E-state index contributed by atoms with van der Waals surface area (Å²) < 4.78 is 6.80. The van der Waals surface area contributed by atoms with Gasteiger partial charge in [0.15, 0.2) is 0 Å². The molecular weight excluding hydrogens is 220 g/mol. The standard InChI is InChI=1S/C11H14N4O2/c1-15-6-8(5-12-15)11-13-10(17-14-11)4-9(16)7-2-3-7/h5-7,9,16H,2-4H2,1H3. The van der Waals surface area contributed by atoms with Crippen molar-refractivity contribution in [1.82, 2.24) is 19.9 Å². The summed E-state index contributed by atoms with van der Waals surface area (Å²) in [7, 11) is 1.83. The van der Waals surface area contributed by atoms with Gasteiger partial charge in [-0.1, -0.05) is 5.16 Å². The van der Waals surface area contributed by atoms with Gasteiger partial charge in [0.1, 0.15) is 0 Å². The average Bonchev–Trinajstić information content (AvgIpc) is 2.92. The molecule has 2 aromatic rings. The highest BCUT2D eigenvalue weighted by Gasteiger charge is 2.31. The largest absolute Gasteiger partial charge is 0.392 e. The number of aromatic nitrogens is 4. The summed E-state index contributed by atoms with van der Waals surface area (Å²) >= 11 is 0. The van der Waals surface area contributed by atoms with Crippen LogP contribution in [0.25, 0.3) is 11.4 Å². The molecule has 2 aromatic heterocycles. The minimum atomic E-state index is -0.350. The van der Waals surface area contributed by atoms with Crippen molar-refractivity contribution in [2.45, 2.75) is 25.4 Å². The van der Waals surface area contributed by atoms with Crippen LogP contribution in [0.1, 0.15) is 18.7 Å². The van der Waals surface area contributed by atoms with Crippen LogP contribution in [0.5, 0.6) is 0 Å². The maximum absolute atomic E-state index is 9.78. The molecule has 6 heteroatoms. The quantitative estimate of drug-likeness (QED) is 0.846. The highest BCUT2D eigenvalue weighted by molar-refractivity contribution is 5.50. The Hall–Kier alpha value is -1.69. The molecule has 1 aliphatic rings. The molecule has 1 fully saturated rings.